The molecule has 0 unspecified atom stereocenters. The molecule has 2 heterocycles. The summed E-state index contributed by atoms with van der Waals surface area (Å²) in [5.74, 6) is -1.73. The first-order valence-corrected chi connectivity index (χ1v) is 5.64. The Hall–Kier alpha value is -2.69. The first-order chi connectivity index (χ1) is 9.18. The van der Waals surface area contributed by atoms with Gasteiger partial charge in [0.25, 0.3) is 0 Å². The maximum Gasteiger partial charge on any atom is 0.356 e. The number of aromatic nitrogens is 2. The quantitative estimate of drug-likeness (QED) is 0.767. The van der Waals surface area contributed by atoms with Gasteiger partial charge in [-0.2, -0.15) is 0 Å². The molecule has 94 valence electrons. The molecule has 5 heteroatoms. The molecule has 0 radical (unpaired) electrons. The van der Waals surface area contributed by atoms with Gasteiger partial charge in [-0.1, -0.05) is 30.3 Å². The lowest BCUT2D eigenvalue weighted by atomic mass is 10.1. The minimum Gasteiger partial charge on any atom is -0.476 e. The van der Waals surface area contributed by atoms with E-state index in [0.29, 0.717) is 11.3 Å². The lowest BCUT2D eigenvalue weighted by molar-refractivity contribution is 0.0692. The molecule has 0 aliphatic carbocycles. The van der Waals surface area contributed by atoms with Crippen LogP contribution in [0.25, 0.3) is 16.9 Å². The van der Waals surface area contributed by atoms with E-state index in [9.17, 15) is 14.3 Å². The Labute approximate surface area is 107 Å². The number of rotatable bonds is 2. The van der Waals surface area contributed by atoms with E-state index in [2.05, 4.69) is 4.98 Å². The van der Waals surface area contributed by atoms with Crippen LogP contribution in [0, 0.1) is 5.82 Å². The molecule has 2 aromatic heterocycles. The van der Waals surface area contributed by atoms with E-state index in [1.807, 2.05) is 6.07 Å². The molecule has 0 saturated carbocycles. The first kappa shape index (κ1) is 11.4. The lowest BCUT2D eigenvalue weighted by Crippen LogP contribution is -1.99. The summed E-state index contributed by atoms with van der Waals surface area (Å²) in [7, 11) is 0. The fourth-order valence-electron chi connectivity index (χ4n) is 2.06. The van der Waals surface area contributed by atoms with Gasteiger partial charge >= 0.3 is 5.97 Å². The Bertz CT molecular complexity index is 766. The van der Waals surface area contributed by atoms with Crippen molar-refractivity contribution in [3.63, 3.8) is 0 Å². The minimum atomic E-state index is -1.18. The average molecular weight is 256 g/mol. The number of aromatic carboxylic acids is 1. The van der Waals surface area contributed by atoms with Crippen LogP contribution in [0.15, 0.2) is 48.7 Å². The number of benzene rings is 1. The molecule has 1 N–H and O–H groups in total. The van der Waals surface area contributed by atoms with Crippen LogP contribution in [-0.2, 0) is 0 Å². The number of hydrogen-bond acceptors (Lipinski definition) is 2. The highest BCUT2D eigenvalue weighted by Gasteiger charge is 2.20. The summed E-state index contributed by atoms with van der Waals surface area (Å²) < 4.78 is 15.1. The van der Waals surface area contributed by atoms with Crippen LogP contribution >= 0.6 is 0 Å². The Kier molecular flexibility index (Phi) is 2.52. The summed E-state index contributed by atoms with van der Waals surface area (Å²) >= 11 is 0. The van der Waals surface area contributed by atoms with E-state index >= 15 is 0 Å². The second kappa shape index (κ2) is 4.20. The molecule has 0 saturated heterocycles. The fourth-order valence-corrected chi connectivity index (χ4v) is 2.06. The molecule has 0 aliphatic heterocycles. The molecule has 0 bridgehead atoms. The van der Waals surface area contributed by atoms with Gasteiger partial charge in [0.15, 0.2) is 17.2 Å². The molecule has 0 fully saturated rings. The Balaban J connectivity index is 2.42. The van der Waals surface area contributed by atoms with Gasteiger partial charge in [0.05, 0.1) is 5.69 Å². The Morgan fingerprint density at radius 1 is 1.16 bits per heavy atom. The first-order valence-electron chi connectivity index (χ1n) is 5.64. The molecular formula is C14H9FN2O2. The fraction of sp³-hybridized carbons (Fsp3) is 0. The smallest absolute Gasteiger partial charge is 0.356 e. The van der Waals surface area contributed by atoms with Crippen molar-refractivity contribution in [2.75, 3.05) is 0 Å². The van der Waals surface area contributed by atoms with Crippen molar-refractivity contribution in [1.29, 1.82) is 0 Å². The van der Waals surface area contributed by atoms with Crippen molar-refractivity contribution in [3.8, 4) is 11.3 Å². The third-order valence-electron chi connectivity index (χ3n) is 2.85. The summed E-state index contributed by atoms with van der Waals surface area (Å²) in [6.07, 6.45) is 1.60. The number of nitrogens with zero attached hydrogens (tertiary/aromatic N) is 2. The number of carboxylic acid groups (broad SMARTS) is 1. The number of carbonyl (C=O) groups is 1. The van der Waals surface area contributed by atoms with E-state index in [4.69, 9.17) is 0 Å². The minimum absolute atomic E-state index is 0.0127. The van der Waals surface area contributed by atoms with Crippen molar-refractivity contribution in [1.82, 2.24) is 9.38 Å². The van der Waals surface area contributed by atoms with Crippen molar-refractivity contribution >= 4 is 11.6 Å². The monoisotopic (exact) mass is 256 g/mol. The second-order valence-corrected chi connectivity index (χ2v) is 4.03. The predicted octanol–water partition coefficient (Wildman–Crippen LogP) is 2.84. The number of pyridine rings is 1. The van der Waals surface area contributed by atoms with Crippen LogP contribution in [0.3, 0.4) is 0 Å². The van der Waals surface area contributed by atoms with Crippen LogP contribution < -0.4 is 0 Å². The number of hydrogen-bond donors (Lipinski definition) is 1. The maximum atomic E-state index is 13.7. The van der Waals surface area contributed by atoms with Gasteiger partial charge in [0.2, 0.25) is 0 Å². The van der Waals surface area contributed by atoms with E-state index in [0.717, 1.165) is 0 Å². The zero-order valence-corrected chi connectivity index (χ0v) is 9.75. The van der Waals surface area contributed by atoms with Gasteiger partial charge in [-0.25, -0.2) is 14.2 Å². The third kappa shape index (κ3) is 1.76. The number of fused-ring (bicyclic) bond motifs is 1. The highest BCUT2D eigenvalue weighted by atomic mass is 19.1. The van der Waals surface area contributed by atoms with Crippen molar-refractivity contribution in [3.05, 3.63) is 60.2 Å². The number of imidazole rings is 1. The van der Waals surface area contributed by atoms with E-state index in [-0.39, 0.29) is 11.3 Å². The van der Waals surface area contributed by atoms with Crippen molar-refractivity contribution < 1.29 is 14.3 Å². The van der Waals surface area contributed by atoms with Crippen LogP contribution in [0.5, 0.6) is 0 Å². The van der Waals surface area contributed by atoms with Crippen molar-refractivity contribution in [2.24, 2.45) is 0 Å². The van der Waals surface area contributed by atoms with E-state index in [1.165, 1.54) is 16.5 Å². The predicted molar refractivity (Wildman–Crippen MR) is 67.5 cm³/mol. The second-order valence-electron chi connectivity index (χ2n) is 4.03. The highest BCUT2D eigenvalue weighted by molar-refractivity contribution is 5.94. The van der Waals surface area contributed by atoms with Gasteiger partial charge in [-0.05, 0) is 12.1 Å². The van der Waals surface area contributed by atoms with Gasteiger partial charge in [-0.15, -0.1) is 0 Å². The average Bonchev–Trinajstić information content (AvgIpc) is 2.81. The molecule has 0 atom stereocenters. The molecule has 3 rings (SSSR count). The normalized spacial score (nSPS) is 10.8. The van der Waals surface area contributed by atoms with Crippen LogP contribution in [0.4, 0.5) is 4.39 Å². The molecule has 4 nitrogen and oxygen atoms in total. The number of carboxylic acids is 1. The van der Waals surface area contributed by atoms with Crippen LogP contribution in [0.2, 0.25) is 0 Å². The summed E-state index contributed by atoms with van der Waals surface area (Å²) in [6, 6.07) is 11.7. The topological polar surface area (TPSA) is 54.6 Å². The van der Waals surface area contributed by atoms with E-state index < -0.39 is 11.8 Å². The maximum absolute atomic E-state index is 13.7. The van der Waals surface area contributed by atoms with Crippen LogP contribution in [0.1, 0.15) is 10.5 Å². The number of halogens is 1. The molecule has 3 aromatic rings. The summed E-state index contributed by atoms with van der Waals surface area (Å²) in [5.41, 5.74) is 0.913. The molecule has 0 aliphatic rings. The van der Waals surface area contributed by atoms with E-state index in [1.54, 1.807) is 30.5 Å². The lowest BCUT2D eigenvalue weighted by Gasteiger charge is -2.03. The highest BCUT2D eigenvalue weighted by Crippen LogP contribution is 2.26. The molecule has 1 aromatic carbocycles. The van der Waals surface area contributed by atoms with Gasteiger partial charge < -0.3 is 5.11 Å². The largest absolute Gasteiger partial charge is 0.476 e. The Morgan fingerprint density at radius 3 is 2.58 bits per heavy atom. The van der Waals surface area contributed by atoms with Gasteiger partial charge in [-0.3, -0.25) is 4.40 Å². The Morgan fingerprint density at radius 2 is 1.89 bits per heavy atom. The van der Waals surface area contributed by atoms with Crippen molar-refractivity contribution in [2.45, 2.75) is 0 Å². The SMILES string of the molecule is O=C(O)c1nc2c(F)cccn2c1-c1ccccc1. The summed E-state index contributed by atoms with van der Waals surface area (Å²) in [5, 5.41) is 9.22. The third-order valence-corrected chi connectivity index (χ3v) is 2.85. The van der Waals surface area contributed by atoms with Gasteiger partial charge in [0, 0.05) is 11.8 Å². The standard InChI is InChI=1S/C14H9FN2O2/c15-10-7-4-8-17-12(9-5-2-1-3-6-9)11(14(18)19)16-13(10)17/h1-8H,(H,18,19). The molecule has 0 amide bonds. The van der Waals surface area contributed by atoms with Crippen LogP contribution in [-0.4, -0.2) is 20.5 Å². The van der Waals surface area contributed by atoms with Gasteiger partial charge in [0.1, 0.15) is 0 Å². The zero-order valence-electron chi connectivity index (χ0n) is 9.75. The summed E-state index contributed by atoms with van der Waals surface area (Å²) in [6.45, 7) is 0. The molecule has 0 spiro atoms. The summed E-state index contributed by atoms with van der Waals surface area (Å²) in [4.78, 5) is 15.2. The molecule has 19 heavy (non-hydrogen) atoms. The molecular weight excluding hydrogens is 247 g/mol. The zero-order chi connectivity index (χ0) is 13.4.